The summed E-state index contributed by atoms with van der Waals surface area (Å²) in [6.07, 6.45) is 5.47. The van der Waals surface area contributed by atoms with Gasteiger partial charge in [-0.25, -0.2) is 4.98 Å². The highest BCUT2D eigenvalue weighted by Crippen LogP contribution is 2.24. The third kappa shape index (κ3) is 3.93. The minimum atomic E-state index is 0.0725. The number of nitrogens with one attached hydrogen (secondary N) is 1. The molecule has 0 bridgehead atoms. The van der Waals surface area contributed by atoms with E-state index in [0.29, 0.717) is 11.5 Å². The number of aliphatic hydroxyl groups excluding tert-OH is 1. The summed E-state index contributed by atoms with van der Waals surface area (Å²) < 4.78 is 0. The zero-order chi connectivity index (χ0) is 18.6. The molecule has 0 saturated carbocycles. The third-order valence-electron chi connectivity index (χ3n) is 5.18. The summed E-state index contributed by atoms with van der Waals surface area (Å²) in [4.78, 5) is 22.2. The zero-order valence-electron chi connectivity index (χ0n) is 15.1. The van der Waals surface area contributed by atoms with Crippen molar-refractivity contribution >= 4 is 5.91 Å². The van der Waals surface area contributed by atoms with Gasteiger partial charge >= 0.3 is 0 Å². The third-order valence-corrected chi connectivity index (χ3v) is 5.18. The number of rotatable bonds is 5. The molecule has 0 radical (unpaired) electrons. The van der Waals surface area contributed by atoms with Gasteiger partial charge in [0.25, 0.3) is 5.91 Å². The molecule has 2 heterocycles. The Kier molecular flexibility index (Phi) is 5.03. The largest absolute Gasteiger partial charge is 0.392 e. The maximum absolute atomic E-state index is 12.9. The molecule has 0 spiro atoms. The molecule has 0 unspecified atom stereocenters. The molecule has 1 fully saturated rings. The SMILES string of the molecule is O=C(c1cccc(-c2ncc[nH]2)c1)N1CC[C@@H](Cc2ccc(CO)cc2)C1. The van der Waals surface area contributed by atoms with E-state index in [-0.39, 0.29) is 12.5 Å². The van der Waals surface area contributed by atoms with Gasteiger partial charge in [-0.3, -0.25) is 4.79 Å². The average Bonchev–Trinajstić information content (AvgIpc) is 3.40. The molecule has 5 heteroatoms. The molecular formula is C22H23N3O2. The molecule has 1 aliphatic rings. The van der Waals surface area contributed by atoms with Crippen LogP contribution < -0.4 is 0 Å². The van der Waals surface area contributed by atoms with E-state index in [0.717, 1.165) is 42.9 Å². The molecule has 1 aliphatic heterocycles. The molecule has 0 aliphatic carbocycles. The van der Waals surface area contributed by atoms with Crippen LogP contribution in [0.1, 0.15) is 27.9 Å². The van der Waals surface area contributed by atoms with Crippen LogP contribution in [0.4, 0.5) is 0 Å². The predicted octanol–water partition coefficient (Wildman–Crippen LogP) is 3.27. The van der Waals surface area contributed by atoms with E-state index in [9.17, 15) is 4.79 Å². The van der Waals surface area contributed by atoms with Crippen molar-refractivity contribution in [1.82, 2.24) is 14.9 Å². The van der Waals surface area contributed by atoms with Crippen molar-refractivity contribution < 1.29 is 9.90 Å². The first-order valence-corrected chi connectivity index (χ1v) is 9.30. The number of aromatic nitrogens is 2. The zero-order valence-corrected chi connectivity index (χ0v) is 15.1. The van der Waals surface area contributed by atoms with Gasteiger partial charge in [-0.05, 0) is 42.0 Å². The second-order valence-corrected chi connectivity index (χ2v) is 7.10. The fraction of sp³-hybridized carbons (Fsp3) is 0.273. The Morgan fingerprint density at radius 2 is 2.00 bits per heavy atom. The highest BCUT2D eigenvalue weighted by molar-refractivity contribution is 5.95. The molecule has 5 nitrogen and oxygen atoms in total. The molecule has 1 atom stereocenters. The Bertz CT molecular complexity index is 904. The molecule has 138 valence electrons. The maximum Gasteiger partial charge on any atom is 0.253 e. The lowest BCUT2D eigenvalue weighted by Crippen LogP contribution is -2.29. The Morgan fingerprint density at radius 3 is 2.74 bits per heavy atom. The summed E-state index contributed by atoms with van der Waals surface area (Å²) in [7, 11) is 0. The fourth-order valence-corrected chi connectivity index (χ4v) is 3.70. The van der Waals surface area contributed by atoms with Gasteiger partial charge in [-0.1, -0.05) is 36.4 Å². The monoisotopic (exact) mass is 361 g/mol. The van der Waals surface area contributed by atoms with Gasteiger partial charge in [0, 0.05) is 36.6 Å². The smallest absolute Gasteiger partial charge is 0.253 e. The van der Waals surface area contributed by atoms with E-state index >= 15 is 0 Å². The topological polar surface area (TPSA) is 69.2 Å². The van der Waals surface area contributed by atoms with E-state index < -0.39 is 0 Å². The molecule has 1 saturated heterocycles. The van der Waals surface area contributed by atoms with Crippen LogP contribution in [0, 0.1) is 5.92 Å². The van der Waals surface area contributed by atoms with E-state index in [1.165, 1.54) is 5.56 Å². The van der Waals surface area contributed by atoms with Crippen molar-refractivity contribution in [3.8, 4) is 11.4 Å². The van der Waals surface area contributed by atoms with E-state index in [2.05, 4.69) is 22.1 Å². The highest BCUT2D eigenvalue weighted by Gasteiger charge is 2.27. The summed E-state index contributed by atoms with van der Waals surface area (Å²) in [6.45, 7) is 1.65. The average molecular weight is 361 g/mol. The standard InChI is InChI=1S/C22H23N3O2/c26-15-17-6-4-16(5-7-17)12-18-8-11-25(14-18)22(27)20-3-1-2-19(13-20)21-23-9-10-24-21/h1-7,9-10,13,18,26H,8,11-12,14-15H2,(H,23,24)/t18-/m0/s1. The number of H-pyrrole nitrogens is 1. The molecule has 1 aromatic heterocycles. The number of likely N-dealkylation sites (tertiary alicyclic amines) is 1. The Balaban J connectivity index is 1.41. The first-order chi connectivity index (χ1) is 13.2. The van der Waals surface area contributed by atoms with Gasteiger partial charge in [0.1, 0.15) is 5.82 Å². The first kappa shape index (κ1) is 17.5. The second kappa shape index (κ2) is 7.76. The van der Waals surface area contributed by atoms with Crippen molar-refractivity contribution in [3.05, 3.63) is 77.6 Å². The molecule has 3 aromatic rings. The number of amides is 1. The Labute approximate surface area is 158 Å². The lowest BCUT2D eigenvalue weighted by molar-refractivity contribution is 0.0787. The van der Waals surface area contributed by atoms with Crippen LogP contribution in [0.3, 0.4) is 0 Å². The number of hydrogen-bond acceptors (Lipinski definition) is 3. The van der Waals surface area contributed by atoms with Crippen LogP contribution in [0.5, 0.6) is 0 Å². The van der Waals surface area contributed by atoms with Gasteiger partial charge in [-0.15, -0.1) is 0 Å². The Morgan fingerprint density at radius 1 is 1.19 bits per heavy atom. The second-order valence-electron chi connectivity index (χ2n) is 7.10. The summed E-state index contributed by atoms with van der Waals surface area (Å²) in [5.41, 5.74) is 3.81. The number of carbonyl (C=O) groups excluding carboxylic acids is 1. The molecule has 2 N–H and O–H groups in total. The van der Waals surface area contributed by atoms with Crippen molar-refractivity contribution in [2.45, 2.75) is 19.4 Å². The number of benzene rings is 2. The summed E-state index contributed by atoms with van der Waals surface area (Å²) in [6, 6.07) is 15.7. The molecule has 4 rings (SSSR count). The minimum Gasteiger partial charge on any atom is -0.392 e. The fourth-order valence-electron chi connectivity index (χ4n) is 3.70. The highest BCUT2D eigenvalue weighted by atomic mass is 16.3. The number of aliphatic hydroxyl groups is 1. The quantitative estimate of drug-likeness (QED) is 0.733. The number of aromatic amines is 1. The van der Waals surface area contributed by atoms with Crippen molar-refractivity contribution in [3.63, 3.8) is 0 Å². The van der Waals surface area contributed by atoms with Crippen LogP contribution in [0.2, 0.25) is 0 Å². The summed E-state index contributed by atoms with van der Waals surface area (Å²) in [5, 5.41) is 9.15. The normalized spacial score (nSPS) is 16.6. The molecular weight excluding hydrogens is 338 g/mol. The molecule has 27 heavy (non-hydrogen) atoms. The number of hydrogen-bond donors (Lipinski definition) is 2. The lowest BCUT2D eigenvalue weighted by atomic mass is 9.98. The van der Waals surface area contributed by atoms with Crippen molar-refractivity contribution in [2.24, 2.45) is 5.92 Å². The van der Waals surface area contributed by atoms with E-state index in [4.69, 9.17) is 5.11 Å². The van der Waals surface area contributed by atoms with Gasteiger partial charge in [0.2, 0.25) is 0 Å². The summed E-state index contributed by atoms with van der Waals surface area (Å²) in [5.74, 6) is 1.33. The van der Waals surface area contributed by atoms with Crippen LogP contribution in [0.15, 0.2) is 60.9 Å². The molecule has 1 amide bonds. The van der Waals surface area contributed by atoms with Crippen molar-refractivity contribution in [1.29, 1.82) is 0 Å². The minimum absolute atomic E-state index is 0.0725. The summed E-state index contributed by atoms with van der Waals surface area (Å²) >= 11 is 0. The lowest BCUT2D eigenvalue weighted by Gasteiger charge is -2.17. The molecule has 2 aromatic carbocycles. The van der Waals surface area contributed by atoms with Gasteiger partial charge in [-0.2, -0.15) is 0 Å². The van der Waals surface area contributed by atoms with Crippen molar-refractivity contribution in [2.75, 3.05) is 13.1 Å². The van der Waals surface area contributed by atoms with E-state index in [1.54, 1.807) is 12.4 Å². The van der Waals surface area contributed by atoms with E-state index in [1.807, 2.05) is 41.3 Å². The number of carbonyl (C=O) groups is 1. The van der Waals surface area contributed by atoms with Gasteiger partial charge in [0.15, 0.2) is 0 Å². The first-order valence-electron chi connectivity index (χ1n) is 9.30. The van der Waals surface area contributed by atoms with Crippen LogP contribution in [-0.2, 0) is 13.0 Å². The van der Waals surface area contributed by atoms with Crippen LogP contribution in [0.25, 0.3) is 11.4 Å². The number of imidazole rings is 1. The Hall–Kier alpha value is -2.92. The maximum atomic E-state index is 12.9. The number of nitrogens with zero attached hydrogens (tertiary/aromatic N) is 2. The van der Waals surface area contributed by atoms with Gasteiger partial charge < -0.3 is 15.0 Å². The van der Waals surface area contributed by atoms with Crippen LogP contribution >= 0.6 is 0 Å². The van der Waals surface area contributed by atoms with Crippen LogP contribution in [-0.4, -0.2) is 39.0 Å². The van der Waals surface area contributed by atoms with Gasteiger partial charge in [0.05, 0.1) is 6.61 Å². The predicted molar refractivity (Wildman–Crippen MR) is 104 cm³/mol.